The third kappa shape index (κ3) is 51.0. The Balaban J connectivity index is 4.28. The van der Waals surface area contributed by atoms with Crippen LogP contribution in [0.5, 0.6) is 0 Å². The quantitative estimate of drug-likeness (QED) is 0.0272. The third-order valence-electron chi connectivity index (χ3n) is 11.5. The van der Waals surface area contributed by atoms with E-state index in [-0.39, 0.29) is 12.5 Å². The fourth-order valence-electron chi connectivity index (χ4n) is 7.23. The van der Waals surface area contributed by atoms with Crippen LogP contribution in [-0.4, -0.2) is 68.5 Å². The van der Waals surface area contributed by atoms with E-state index in [2.05, 4.69) is 116 Å². The second kappa shape index (κ2) is 49.2. The van der Waals surface area contributed by atoms with E-state index < -0.39 is 26.6 Å². The Bertz CT molecular complexity index is 1470. The number of quaternary nitrogens is 1. The number of hydrogen-bond donors (Lipinski definition) is 2. The summed E-state index contributed by atoms with van der Waals surface area (Å²) in [6.07, 6.45) is 71.5. The van der Waals surface area contributed by atoms with Gasteiger partial charge >= 0.3 is 0 Å². The Morgan fingerprint density at radius 3 is 1.31 bits per heavy atom. The second-order valence-corrected chi connectivity index (χ2v) is 20.6. The first-order valence-corrected chi connectivity index (χ1v) is 28.7. The molecular weight excluding hydrogens is 864 g/mol. The Kier molecular flexibility index (Phi) is 47.1. The highest BCUT2D eigenvalue weighted by Gasteiger charge is 2.23. The molecular formula is C59H103N2O6P. The van der Waals surface area contributed by atoms with Gasteiger partial charge in [0, 0.05) is 6.42 Å². The summed E-state index contributed by atoms with van der Waals surface area (Å²) in [4.78, 5) is 25.4. The number of aliphatic hydroxyl groups is 1. The number of unbranched alkanes of at least 4 members (excludes halogenated alkanes) is 19. The molecule has 0 aliphatic heterocycles. The fraction of sp³-hybridized carbons (Fsp3) is 0.678. The van der Waals surface area contributed by atoms with Crippen LogP contribution < -0.4 is 10.2 Å². The summed E-state index contributed by atoms with van der Waals surface area (Å²) in [6, 6.07) is -0.902. The summed E-state index contributed by atoms with van der Waals surface area (Å²) >= 11 is 0. The van der Waals surface area contributed by atoms with Crippen molar-refractivity contribution >= 4 is 13.7 Å². The first-order chi connectivity index (χ1) is 33.0. The minimum atomic E-state index is -4.60. The molecule has 0 aliphatic carbocycles. The zero-order chi connectivity index (χ0) is 49.9. The zero-order valence-corrected chi connectivity index (χ0v) is 45.2. The van der Waals surface area contributed by atoms with Crippen LogP contribution in [0.3, 0.4) is 0 Å². The molecule has 0 radical (unpaired) electrons. The van der Waals surface area contributed by atoms with Gasteiger partial charge in [-0.05, 0) is 83.5 Å². The molecule has 0 aromatic rings. The SMILES string of the molecule is CC/C=C\C/C=C\C/C=C\C/C=C\C/C=C\C/C=C\C/C=C\C/C=C\CCCCCCCCC(=O)NC(COP(=O)([O-])OCC[N+](C)(C)C)C(O)/C=C/CCCCCCCCCCCCCCC. The Morgan fingerprint density at radius 1 is 0.529 bits per heavy atom. The van der Waals surface area contributed by atoms with E-state index in [0.717, 1.165) is 109 Å². The number of nitrogens with zero attached hydrogens (tertiary/aromatic N) is 1. The van der Waals surface area contributed by atoms with Gasteiger partial charge < -0.3 is 28.8 Å². The van der Waals surface area contributed by atoms with Crippen molar-refractivity contribution in [2.75, 3.05) is 40.9 Å². The molecule has 0 aromatic heterocycles. The van der Waals surface area contributed by atoms with Gasteiger partial charge in [-0.25, -0.2) is 0 Å². The number of nitrogens with one attached hydrogen (secondary N) is 1. The summed E-state index contributed by atoms with van der Waals surface area (Å²) < 4.78 is 23.3. The molecule has 68 heavy (non-hydrogen) atoms. The molecule has 3 unspecified atom stereocenters. The average molecular weight is 967 g/mol. The topological polar surface area (TPSA) is 108 Å². The van der Waals surface area contributed by atoms with E-state index >= 15 is 0 Å². The predicted octanol–water partition coefficient (Wildman–Crippen LogP) is 15.8. The maximum absolute atomic E-state index is 12.9. The molecule has 0 aliphatic rings. The molecule has 0 bridgehead atoms. The van der Waals surface area contributed by atoms with E-state index in [0.29, 0.717) is 17.4 Å². The first-order valence-electron chi connectivity index (χ1n) is 27.2. The molecule has 0 heterocycles. The molecule has 0 saturated carbocycles. The largest absolute Gasteiger partial charge is 0.756 e. The minimum absolute atomic E-state index is 0.00990. The number of phosphoric ester groups is 1. The molecule has 8 nitrogen and oxygen atoms in total. The smallest absolute Gasteiger partial charge is 0.268 e. The van der Waals surface area contributed by atoms with Gasteiger partial charge in [0.05, 0.1) is 39.9 Å². The monoisotopic (exact) mass is 967 g/mol. The number of aliphatic hydroxyl groups excluding tert-OH is 1. The Morgan fingerprint density at radius 2 is 0.897 bits per heavy atom. The highest BCUT2D eigenvalue weighted by atomic mass is 31.2. The van der Waals surface area contributed by atoms with Crippen molar-refractivity contribution in [1.82, 2.24) is 5.32 Å². The van der Waals surface area contributed by atoms with Crippen molar-refractivity contribution < 1.29 is 32.9 Å². The second-order valence-electron chi connectivity index (χ2n) is 19.2. The van der Waals surface area contributed by atoms with Crippen LogP contribution in [0.25, 0.3) is 0 Å². The van der Waals surface area contributed by atoms with Crippen LogP contribution in [0.2, 0.25) is 0 Å². The van der Waals surface area contributed by atoms with Gasteiger partial charge in [-0.15, -0.1) is 0 Å². The molecule has 390 valence electrons. The summed E-state index contributed by atoms with van der Waals surface area (Å²) in [5, 5.41) is 13.8. The summed E-state index contributed by atoms with van der Waals surface area (Å²) in [6.45, 7) is 4.51. The van der Waals surface area contributed by atoms with Crippen molar-refractivity contribution in [3.05, 3.63) is 109 Å². The highest BCUT2D eigenvalue weighted by molar-refractivity contribution is 7.45. The molecule has 0 spiro atoms. The van der Waals surface area contributed by atoms with E-state index in [9.17, 15) is 19.4 Å². The third-order valence-corrected chi connectivity index (χ3v) is 12.5. The first kappa shape index (κ1) is 65.2. The molecule has 0 fully saturated rings. The molecule has 3 atom stereocenters. The van der Waals surface area contributed by atoms with Gasteiger partial charge in [0.25, 0.3) is 7.82 Å². The van der Waals surface area contributed by atoms with Crippen LogP contribution in [0.15, 0.2) is 109 Å². The Labute approximate surface area is 419 Å². The van der Waals surface area contributed by atoms with E-state index in [1.807, 2.05) is 27.2 Å². The number of carbonyl (C=O) groups excluding carboxylic acids is 1. The van der Waals surface area contributed by atoms with Crippen molar-refractivity contribution in [2.45, 2.75) is 219 Å². The van der Waals surface area contributed by atoms with Crippen molar-refractivity contribution in [3.8, 4) is 0 Å². The van der Waals surface area contributed by atoms with E-state index in [4.69, 9.17) is 9.05 Å². The molecule has 2 N–H and O–H groups in total. The lowest BCUT2D eigenvalue weighted by Crippen LogP contribution is -2.45. The number of hydrogen-bond acceptors (Lipinski definition) is 6. The lowest BCUT2D eigenvalue weighted by atomic mass is 10.0. The molecule has 0 saturated heterocycles. The lowest BCUT2D eigenvalue weighted by molar-refractivity contribution is -0.870. The molecule has 0 rings (SSSR count). The van der Waals surface area contributed by atoms with Gasteiger partial charge in [-0.2, -0.15) is 0 Å². The predicted molar refractivity (Wildman–Crippen MR) is 292 cm³/mol. The zero-order valence-electron chi connectivity index (χ0n) is 44.3. The number of amides is 1. The number of phosphoric acid groups is 1. The van der Waals surface area contributed by atoms with Gasteiger partial charge in [0.2, 0.25) is 5.91 Å². The van der Waals surface area contributed by atoms with Gasteiger partial charge in [-0.1, -0.05) is 226 Å². The summed E-state index contributed by atoms with van der Waals surface area (Å²) in [5.41, 5.74) is 0. The fourth-order valence-corrected chi connectivity index (χ4v) is 7.95. The highest BCUT2D eigenvalue weighted by Crippen LogP contribution is 2.38. The average Bonchev–Trinajstić information content (AvgIpc) is 3.30. The Hall–Kier alpha value is -2.84. The lowest BCUT2D eigenvalue weighted by Gasteiger charge is -2.29. The van der Waals surface area contributed by atoms with Crippen LogP contribution in [0.1, 0.15) is 206 Å². The molecule has 0 aromatic carbocycles. The standard InChI is InChI=1S/C59H103N2O6P/c1-6-8-10-12-14-16-18-20-22-23-24-25-26-27-28-29-30-31-32-33-34-35-36-37-39-41-43-45-47-49-51-53-59(63)60-57(56-67-68(64,65)66-55-54-61(3,4)5)58(62)52-50-48-46-44-42-40-38-21-19-17-15-13-11-9-7-2/h8,10,14,16,20,22,24-25,27-28,30-31,33-34,36-37,50,52,57-58,62H,6-7,9,11-13,15,17-19,21,23,26,29,32,35,38-49,51,53-56H2,1-5H3,(H-,60,63,64,65)/b10-8-,16-14-,22-20-,25-24-,28-27-,31-30-,34-33-,37-36-,52-50+. The maximum Gasteiger partial charge on any atom is 0.268 e. The van der Waals surface area contributed by atoms with Crippen LogP contribution in [0, 0.1) is 0 Å². The normalized spacial score (nSPS) is 14.9. The van der Waals surface area contributed by atoms with Crippen LogP contribution in [-0.2, 0) is 18.4 Å². The minimum Gasteiger partial charge on any atom is -0.756 e. The van der Waals surface area contributed by atoms with Gasteiger partial charge in [0.1, 0.15) is 13.2 Å². The van der Waals surface area contributed by atoms with E-state index in [1.165, 1.54) is 77.0 Å². The summed E-state index contributed by atoms with van der Waals surface area (Å²) in [5.74, 6) is -0.217. The number of likely N-dealkylation sites (N-methyl/N-ethyl adjacent to an activating group) is 1. The van der Waals surface area contributed by atoms with Crippen molar-refractivity contribution in [3.63, 3.8) is 0 Å². The van der Waals surface area contributed by atoms with Gasteiger partial charge in [0.15, 0.2) is 0 Å². The van der Waals surface area contributed by atoms with Crippen molar-refractivity contribution in [1.29, 1.82) is 0 Å². The summed E-state index contributed by atoms with van der Waals surface area (Å²) in [7, 11) is 1.23. The number of allylic oxidation sites excluding steroid dienone is 17. The van der Waals surface area contributed by atoms with E-state index in [1.54, 1.807) is 6.08 Å². The van der Waals surface area contributed by atoms with Gasteiger partial charge in [-0.3, -0.25) is 9.36 Å². The van der Waals surface area contributed by atoms with Crippen LogP contribution in [0.4, 0.5) is 0 Å². The number of carbonyl (C=O) groups is 1. The van der Waals surface area contributed by atoms with Crippen molar-refractivity contribution in [2.24, 2.45) is 0 Å². The molecule has 9 heteroatoms. The van der Waals surface area contributed by atoms with Crippen LogP contribution >= 0.6 is 7.82 Å². The number of rotatable bonds is 48. The maximum atomic E-state index is 12.9. The molecule has 1 amide bonds.